The van der Waals surface area contributed by atoms with Crippen LogP contribution in [0.3, 0.4) is 0 Å². The number of nitrogens with zero attached hydrogens (tertiary/aromatic N) is 7. The second kappa shape index (κ2) is 9.06. The number of hydrogen-bond donors (Lipinski definition) is 1. The minimum Gasteiger partial charge on any atom is -0.352 e. The number of amides is 1. The normalized spacial score (nSPS) is 12.5. The Labute approximate surface area is 176 Å². The highest BCUT2D eigenvalue weighted by atomic mass is 19.4. The summed E-state index contributed by atoms with van der Waals surface area (Å²) < 4.78 is 39.4. The Kier molecular flexibility index (Phi) is 6.47. The van der Waals surface area contributed by atoms with E-state index in [2.05, 4.69) is 30.4 Å². The smallest absolute Gasteiger partial charge is 0.352 e. The Hall–Kier alpha value is -3.57. The number of nitrogens with one attached hydrogen (secondary N) is 1. The Morgan fingerprint density at radius 2 is 1.97 bits per heavy atom. The molecule has 0 aromatic carbocycles. The highest BCUT2D eigenvalue weighted by Gasteiger charge is 2.31. The van der Waals surface area contributed by atoms with E-state index in [1.807, 2.05) is 6.92 Å². The van der Waals surface area contributed by atoms with E-state index >= 15 is 0 Å². The van der Waals surface area contributed by atoms with E-state index in [0.717, 1.165) is 0 Å². The van der Waals surface area contributed by atoms with Gasteiger partial charge in [-0.1, -0.05) is 6.92 Å². The van der Waals surface area contributed by atoms with Gasteiger partial charge in [-0.2, -0.15) is 18.3 Å². The molecule has 0 aliphatic heterocycles. The molecule has 3 rings (SSSR count). The van der Waals surface area contributed by atoms with Crippen LogP contribution in [0.2, 0.25) is 0 Å². The van der Waals surface area contributed by atoms with E-state index in [0.29, 0.717) is 30.2 Å². The number of alkyl halides is 3. The summed E-state index contributed by atoms with van der Waals surface area (Å²) in [7, 11) is 1.64. The molecule has 0 unspecified atom stereocenters. The molecule has 1 N–H and O–H groups in total. The van der Waals surface area contributed by atoms with Crippen LogP contribution >= 0.6 is 0 Å². The average molecular weight is 434 g/mol. The lowest BCUT2D eigenvalue weighted by atomic mass is 10.1. The number of likely N-dealkylation sites (N-methyl/N-ethyl adjacent to an activating group) is 1. The molecule has 1 amide bonds. The molecule has 0 saturated heterocycles. The summed E-state index contributed by atoms with van der Waals surface area (Å²) >= 11 is 0. The van der Waals surface area contributed by atoms with Crippen molar-refractivity contribution in [3.05, 3.63) is 54.1 Å². The molecule has 0 aliphatic rings. The number of halogens is 3. The van der Waals surface area contributed by atoms with E-state index in [-0.39, 0.29) is 30.1 Å². The fraction of sp³-hybridized carbons (Fsp3) is 0.368. The summed E-state index contributed by atoms with van der Waals surface area (Å²) in [6.07, 6.45) is 0.350. The molecule has 0 spiro atoms. The zero-order valence-electron chi connectivity index (χ0n) is 17.1. The standard InChI is InChI=1S/C19H21F3N8O/c1-4-14(9-26-18-24-7-13(8-25-18)19(20,21)22)29(3)17(31)16-15(6-5-12(2)28-16)30-11-23-10-27-30/h5-8,10-11,14H,4,9H2,1-3H3,(H,24,25,26)/t14-/m0/s1. The Bertz CT molecular complexity index is 1020. The first-order valence-corrected chi connectivity index (χ1v) is 9.43. The van der Waals surface area contributed by atoms with Crippen LogP contribution in [0, 0.1) is 6.92 Å². The number of carbonyl (C=O) groups excluding carboxylic acids is 1. The van der Waals surface area contributed by atoms with Crippen molar-refractivity contribution in [2.24, 2.45) is 0 Å². The van der Waals surface area contributed by atoms with Gasteiger partial charge < -0.3 is 10.2 Å². The third-order valence-electron chi connectivity index (χ3n) is 4.70. The van der Waals surface area contributed by atoms with Gasteiger partial charge in [0.25, 0.3) is 5.91 Å². The van der Waals surface area contributed by atoms with E-state index in [9.17, 15) is 18.0 Å². The summed E-state index contributed by atoms with van der Waals surface area (Å²) in [5.74, 6) is -0.277. The summed E-state index contributed by atoms with van der Waals surface area (Å²) in [5, 5.41) is 6.95. The largest absolute Gasteiger partial charge is 0.419 e. The van der Waals surface area contributed by atoms with E-state index < -0.39 is 11.7 Å². The molecule has 9 nitrogen and oxygen atoms in total. The van der Waals surface area contributed by atoms with Crippen LogP contribution in [0.5, 0.6) is 0 Å². The number of pyridine rings is 1. The lowest BCUT2D eigenvalue weighted by molar-refractivity contribution is -0.138. The van der Waals surface area contributed by atoms with E-state index in [1.165, 1.54) is 22.2 Å². The highest BCUT2D eigenvalue weighted by molar-refractivity contribution is 5.95. The number of aromatic nitrogens is 6. The second-order valence-electron chi connectivity index (χ2n) is 6.81. The topological polar surface area (TPSA) is 102 Å². The van der Waals surface area contributed by atoms with Gasteiger partial charge in [-0.05, 0) is 25.5 Å². The number of rotatable bonds is 7. The second-order valence-corrected chi connectivity index (χ2v) is 6.81. The van der Waals surface area contributed by atoms with Crippen molar-refractivity contribution in [3.8, 4) is 5.69 Å². The molecule has 0 saturated carbocycles. The zero-order chi connectivity index (χ0) is 22.6. The third kappa shape index (κ3) is 5.13. The maximum Gasteiger partial charge on any atom is 0.419 e. The lowest BCUT2D eigenvalue weighted by Gasteiger charge is -2.28. The van der Waals surface area contributed by atoms with Crippen molar-refractivity contribution in [1.29, 1.82) is 0 Å². The van der Waals surface area contributed by atoms with E-state index in [4.69, 9.17) is 0 Å². The maximum absolute atomic E-state index is 13.2. The summed E-state index contributed by atoms with van der Waals surface area (Å²) in [6, 6.07) is 3.23. The monoisotopic (exact) mass is 434 g/mol. The summed E-state index contributed by atoms with van der Waals surface area (Å²) in [4.78, 5) is 30.4. The van der Waals surface area contributed by atoms with Crippen molar-refractivity contribution in [2.45, 2.75) is 32.5 Å². The first kappa shape index (κ1) is 22.1. The molecule has 1 atom stereocenters. The van der Waals surface area contributed by atoms with Gasteiger partial charge in [0, 0.05) is 37.7 Å². The van der Waals surface area contributed by atoms with Gasteiger partial charge in [0.2, 0.25) is 5.95 Å². The van der Waals surface area contributed by atoms with Crippen LogP contribution in [0.1, 0.15) is 35.1 Å². The van der Waals surface area contributed by atoms with Crippen LogP contribution in [0.15, 0.2) is 37.2 Å². The minimum absolute atomic E-state index is 0.0456. The van der Waals surface area contributed by atoms with Crippen molar-refractivity contribution in [2.75, 3.05) is 18.9 Å². The van der Waals surface area contributed by atoms with Gasteiger partial charge >= 0.3 is 6.18 Å². The van der Waals surface area contributed by atoms with Gasteiger partial charge in [0.15, 0.2) is 5.69 Å². The zero-order valence-corrected chi connectivity index (χ0v) is 17.1. The first-order chi connectivity index (χ1) is 14.7. The molecule has 3 heterocycles. The van der Waals surface area contributed by atoms with Crippen molar-refractivity contribution in [3.63, 3.8) is 0 Å². The minimum atomic E-state index is -4.50. The average Bonchev–Trinajstić information content (AvgIpc) is 3.27. The van der Waals surface area contributed by atoms with Crippen molar-refractivity contribution < 1.29 is 18.0 Å². The number of anilines is 1. The third-order valence-corrected chi connectivity index (χ3v) is 4.70. The van der Waals surface area contributed by atoms with Gasteiger partial charge in [0.05, 0.1) is 11.3 Å². The SMILES string of the molecule is CC[C@@H](CNc1ncc(C(F)(F)F)cn1)N(C)C(=O)c1nc(C)ccc1-n1cncn1. The molecular formula is C19H21F3N8O. The molecule has 164 valence electrons. The fourth-order valence-corrected chi connectivity index (χ4v) is 2.89. The molecule has 0 aliphatic carbocycles. The van der Waals surface area contributed by atoms with Gasteiger partial charge in [-0.25, -0.2) is 24.6 Å². The molecular weight excluding hydrogens is 413 g/mol. The number of hydrogen-bond acceptors (Lipinski definition) is 7. The van der Waals surface area contributed by atoms with Crippen LogP contribution in [0.4, 0.5) is 19.1 Å². The molecule has 0 radical (unpaired) electrons. The van der Waals surface area contributed by atoms with Gasteiger partial charge in [-0.15, -0.1) is 0 Å². The van der Waals surface area contributed by atoms with Crippen molar-refractivity contribution >= 4 is 11.9 Å². The van der Waals surface area contributed by atoms with Crippen LogP contribution in [0.25, 0.3) is 5.69 Å². The van der Waals surface area contributed by atoms with Crippen LogP contribution in [-0.4, -0.2) is 60.2 Å². The van der Waals surface area contributed by atoms with E-state index in [1.54, 1.807) is 26.1 Å². The Morgan fingerprint density at radius 1 is 1.26 bits per heavy atom. The summed E-state index contributed by atoms with van der Waals surface area (Å²) in [5.41, 5.74) is 0.458. The van der Waals surface area contributed by atoms with Gasteiger partial charge in [-0.3, -0.25) is 4.79 Å². The predicted octanol–water partition coefficient (Wildman–Crippen LogP) is 2.74. The quantitative estimate of drug-likeness (QED) is 0.610. The Morgan fingerprint density at radius 3 is 2.55 bits per heavy atom. The number of carbonyl (C=O) groups is 1. The summed E-state index contributed by atoms with van der Waals surface area (Å²) in [6.45, 7) is 3.92. The van der Waals surface area contributed by atoms with Gasteiger partial charge in [0.1, 0.15) is 12.7 Å². The molecule has 31 heavy (non-hydrogen) atoms. The van der Waals surface area contributed by atoms with Crippen molar-refractivity contribution in [1.82, 2.24) is 34.6 Å². The Balaban J connectivity index is 1.74. The molecule has 12 heteroatoms. The first-order valence-electron chi connectivity index (χ1n) is 9.43. The molecule has 3 aromatic heterocycles. The lowest BCUT2D eigenvalue weighted by Crippen LogP contribution is -2.42. The van der Waals surface area contributed by atoms with Crippen LogP contribution < -0.4 is 5.32 Å². The molecule has 0 bridgehead atoms. The highest BCUT2D eigenvalue weighted by Crippen LogP contribution is 2.28. The fourth-order valence-electron chi connectivity index (χ4n) is 2.89. The maximum atomic E-state index is 13.2. The predicted molar refractivity (Wildman–Crippen MR) is 106 cm³/mol. The molecule has 0 fully saturated rings. The van der Waals surface area contributed by atoms with Crippen LogP contribution in [-0.2, 0) is 6.18 Å². The number of aryl methyl sites for hydroxylation is 1. The molecule has 3 aromatic rings.